The number of aromatic amines is 1. The van der Waals surface area contributed by atoms with Crippen molar-refractivity contribution in [3.05, 3.63) is 48.7 Å². The van der Waals surface area contributed by atoms with E-state index in [4.69, 9.17) is 4.74 Å². The molecule has 1 saturated heterocycles. The number of hydrogen-bond donors (Lipinski definition) is 3. The maximum Gasteiger partial charge on any atom is 0.322 e. The van der Waals surface area contributed by atoms with Crippen molar-refractivity contribution in [1.82, 2.24) is 25.1 Å². The summed E-state index contributed by atoms with van der Waals surface area (Å²) in [6.07, 6.45) is 5.07. The average molecular weight is 481 g/mol. The zero-order valence-corrected chi connectivity index (χ0v) is 19.3. The molecule has 5 rings (SSSR count). The molecule has 1 aliphatic rings. The number of H-pyrrole nitrogens is 1. The highest BCUT2D eigenvalue weighted by Crippen LogP contribution is 2.24. The number of aromatic nitrogens is 5. The van der Waals surface area contributed by atoms with Crippen LogP contribution in [-0.2, 0) is 10.0 Å². The van der Waals surface area contributed by atoms with Gasteiger partial charge in [0.05, 0.1) is 29.4 Å². The zero-order valence-electron chi connectivity index (χ0n) is 18.5. The summed E-state index contributed by atoms with van der Waals surface area (Å²) in [5.74, 6) is 0.890. The van der Waals surface area contributed by atoms with Gasteiger partial charge in [0.1, 0.15) is 0 Å². The van der Waals surface area contributed by atoms with Crippen LogP contribution in [0.25, 0.3) is 10.9 Å². The fourth-order valence-corrected chi connectivity index (χ4v) is 4.84. The Morgan fingerprint density at radius 3 is 2.50 bits per heavy atom. The predicted molar refractivity (Wildman–Crippen MR) is 129 cm³/mol. The third-order valence-corrected chi connectivity index (χ3v) is 6.94. The van der Waals surface area contributed by atoms with Crippen molar-refractivity contribution in [1.29, 1.82) is 0 Å². The van der Waals surface area contributed by atoms with Gasteiger partial charge in [-0.15, -0.1) is 0 Å². The summed E-state index contributed by atoms with van der Waals surface area (Å²) >= 11 is 0. The number of benzene rings is 2. The van der Waals surface area contributed by atoms with Gasteiger partial charge in [0.15, 0.2) is 0 Å². The number of sulfonamides is 1. The Balaban J connectivity index is 1.32. The fraction of sp³-hybridized carbons (Fsp3) is 0.273. The van der Waals surface area contributed by atoms with Gasteiger partial charge in [0, 0.05) is 24.2 Å². The number of methoxy groups -OCH3 is 1. The lowest BCUT2D eigenvalue weighted by molar-refractivity contribution is 0.378. The fourth-order valence-electron chi connectivity index (χ4n) is 3.79. The Morgan fingerprint density at radius 1 is 0.971 bits per heavy atom. The molecule has 34 heavy (non-hydrogen) atoms. The van der Waals surface area contributed by atoms with E-state index < -0.39 is 10.0 Å². The molecule has 2 aromatic carbocycles. The monoisotopic (exact) mass is 480 g/mol. The van der Waals surface area contributed by atoms with E-state index in [2.05, 4.69) is 40.1 Å². The van der Waals surface area contributed by atoms with Gasteiger partial charge >= 0.3 is 6.01 Å². The molecule has 0 amide bonds. The zero-order chi connectivity index (χ0) is 23.5. The van der Waals surface area contributed by atoms with Crippen LogP contribution in [0, 0.1) is 0 Å². The van der Waals surface area contributed by atoms with Crippen LogP contribution < -0.4 is 19.7 Å². The second-order valence-electron chi connectivity index (χ2n) is 7.92. The molecule has 176 valence electrons. The average Bonchev–Trinajstić information content (AvgIpc) is 3.32. The molecule has 0 saturated carbocycles. The van der Waals surface area contributed by atoms with Gasteiger partial charge in [0.2, 0.25) is 11.9 Å². The number of piperidine rings is 1. The van der Waals surface area contributed by atoms with E-state index in [1.54, 1.807) is 36.5 Å². The van der Waals surface area contributed by atoms with Crippen LogP contribution in [-0.4, -0.2) is 53.8 Å². The molecule has 12 heteroatoms. The molecule has 0 spiro atoms. The molecule has 0 aliphatic carbocycles. The predicted octanol–water partition coefficient (Wildman–Crippen LogP) is 3.29. The SMILES string of the molecule is COc1nc(Nc2ccc(S(=O)(=O)Nc3ccc4cn[nH]c4c3)cc2)nc(N2CCCCC2)n1. The lowest BCUT2D eigenvalue weighted by Crippen LogP contribution is -2.31. The van der Waals surface area contributed by atoms with E-state index in [0.717, 1.165) is 36.8 Å². The van der Waals surface area contributed by atoms with Gasteiger partial charge < -0.3 is 15.0 Å². The number of ether oxygens (including phenoxy) is 1. The van der Waals surface area contributed by atoms with E-state index in [1.807, 2.05) is 0 Å². The minimum absolute atomic E-state index is 0.130. The van der Waals surface area contributed by atoms with Crippen molar-refractivity contribution in [2.45, 2.75) is 24.2 Å². The molecule has 4 aromatic rings. The third-order valence-electron chi connectivity index (χ3n) is 5.54. The van der Waals surface area contributed by atoms with E-state index in [0.29, 0.717) is 23.3 Å². The van der Waals surface area contributed by atoms with Crippen molar-refractivity contribution in [2.75, 3.05) is 35.1 Å². The summed E-state index contributed by atoms with van der Waals surface area (Å²) in [6.45, 7) is 1.78. The maximum atomic E-state index is 12.8. The summed E-state index contributed by atoms with van der Waals surface area (Å²) in [5.41, 5.74) is 1.83. The number of anilines is 4. The molecule has 3 N–H and O–H groups in total. The molecular weight excluding hydrogens is 456 g/mol. The Bertz CT molecular complexity index is 1400. The van der Waals surface area contributed by atoms with Gasteiger partial charge in [-0.3, -0.25) is 9.82 Å². The molecule has 0 radical (unpaired) electrons. The second-order valence-corrected chi connectivity index (χ2v) is 9.60. The molecule has 0 atom stereocenters. The lowest BCUT2D eigenvalue weighted by Gasteiger charge is -2.26. The van der Waals surface area contributed by atoms with Gasteiger partial charge in [0.25, 0.3) is 10.0 Å². The van der Waals surface area contributed by atoms with Crippen molar-refractivity contribution in [2.24, 2.45) is 0 Å². The highest BCUT2D eigenvalue weighted by atomic mass is 32.2. The van der Waals surface area contributed by atoms with E-state index >= 15 is 0 Å². The van der Waals surface area contributed by atoms with Crippen LogP contribution in [0.1, 0.15) is 19.3 Å². The summed E-state index contributed by atoms with van der Waals surface area (Å²) in [4.78, 5) is 15.4. The molecule has 0 bridgehead atoms. The standard InChI is InChI=1S/C22H24N8O3S/c1-33-22-26-20(25-21(27-22)30-11-3-2-4-12-30)24-16-7-9-18(10-8-16)34(31,32)29-17-6-5-15-14-23-28-19(15)13-17/h5-10,13-14,29H,2-4,11-12H2,1H3,(H,23,28)(H,24,25,26,27). The number of fused-ring (bicyclic) bond motifs is 1. The van der Waals surface area contributed by atoms with E-state index in [1.165, 1.54) is 25.7 Å². The number of nitrogens with one attached hydrogen (secondary N) is 3. The third kappa shape index (κ3) is 4.71. The minimum Gasteiger partial charge on any atom is -0.467 e. The van der Waals surface area contributed by atoms with Crippen LogP contribution in [0.3, 0.4) is 0 Å². The van der Waals surface area contributed by atoms with Gasteiger partial charge in [-0.2, -0.15) is 20.1 Å². The topological polar surface area (TPSA) is 138 Å². The van der Waals surface area contributed by atoms with Gasteiger partial charge in [-0.25, -0.2) is 8.42 Å². The van der Waals surface area contributed by atoms with E-state index in [-0.39, 0.29) is 10.9 Å². The van der Waals surface area contributed by atoms with Crippen LogP contribution in [0.2, 0.25) is 0 Å². The lowest BCUT2D eigenvalue weighted by atomic mass is 10.1. The molecule has 1 fully saturated rings. The first-order valence-electron chi connectivity index (χ1n) is 10.9. The first-order chi connectivity index (χ1) is 16.5. The highest BCUT2D eigenvalue weighted by Gasteiger charge is 2.18. The molecule has 3 heterocycles. The minimum atomic E-state index is -3.77. The summed E-state index contributed by atoms with van der Waals surface area (Å²) in [6, 6.07) is 11.8. The Labute approximate surface area is 196 Å². The number of nitrogens with zero attached hydrogens (tertiary/aromatic N) is 5. The van der Waals surface area contributed by atoms with Crippen molar-refractivity contribution < 1.29 is 13.2 Å². The Kier molecular flexibility index (Phi) is 5.88. The van der Waals surface area contributed by atoms with Gasteiger partial charge in [-0.05, 0) is 61.7 Å². The van der Waals surface area contributed by atoms with Crippen molar-refractivity contribution in [3.63, 3.8) is 0 Å². The van der Waals surface area contributed by atoms with Crippen LogP contribution >= 0.6 is 0 Å². The van der Waals surface area contributed by atoms with Gasteiger partial charge in [-0.1, -0.05) is 0 Å². The molecule has 1 aliphatic heterocycles. The van der Waals surface area contributed by atoms with Crippen LogP contribution in [0.5, 0.6) is 6.01 Å². The molecule has 0 unspecified atom stereocenters. The Morgan fingerprint density at radius 2 is 1.74 bits per heavy atom. The second kappa shape index (κ2) is 9.14. The molecule has 2 aromatic heterocycles. The summed E-state index contributed by atoms with van der Waals surface area (Å²) < 4.78 is 33.5. The Hall–Kier alpha value is -3.93. The quantitative estimate of drug-likeness (QED) is 0.364. The van der Waals surface area contributed by atoms with Crippen LogP contribution in [0.15, 0.2) is 53.6 Å². The highest BCUT2D eigenvalue weighted by molar-refractivity contribution is 7.92. The smallest absolute Gasteiger partial charge is 0.322 e. The maximum absolute atomic E-state index is 12.8. The largest absolute Gasteiger partial charge is 0.467 e. The molecular formula is C22H24N8O3S. The first-order valence-corrected chi connectivity index (χ1v) is 12.4. The summed E-state index contributed by atoms with van der Waals surface area (Å²) in [5, 5.41) is 10.8. The number of hydrogen-bond acceptors (Lipinski definition) is 9. The van der Waals surface area contributed by atoms with Crippen LogP contribution in [0.4, 0.5) is 23.3 Å². The molecule has 11 nitrogen and oxygen atoms in total. The van der Waals surface area contributed by atoms with E-state index in [9.17, 15) is 8.42 Å². The number of rotatable bonds is 7. The first kappa shape index (κ1) is 21.9. The summed E-state index contributed by atoms with van der Waals surface area (Å²) in [7, 11) is -2.26. The normalized spacial score (nSPS) is 14.2. The van der Waals surface area contributed by atoms with Crippen molar-refractivity contribution >= 4 is 44.2 Å². The van der Waals surface area contributed by atoms with Crippen molar-refractivity contribution in [3.8, 4) is 6.01 Å².